The molecule has 0 radical (unpaired) electrons. The van der Waals surface area contributed by atoms with Crippen LogP contribution in [-0.2, 0) is 19.4 Å². The van der Waals surface area contributed by atoms with Crippen molar-refractivity contribution in [2.24, 2.45) is 0 Å². The number of sulfone groups is 1. The number of nitrogens with one attached hydrogen (secondary N) is 1. The van der Waals surface area contributed by atoms with Gasteiger partial charge in [-0.2, -0.15) is 13.2 Å². The van der Waals surface area contributed by atoms with Gasteiger partial charge in [-0.1, -0.05) is 0 Å². The first-order chi connectivity index (χ1) is 8.09. The molecule has 5 nitrogen and oxygen atoms in total. The Labute approximate surface area is 103 Å². The van der Waals surface area contributed by atoms with Crippen molar-refractivity contribution < 1.29 is 31.1 Å². The molecule has 9 heteroatoms. The van der Waals surface area contributed by atoms with Crippen molar-refractivity contribution in [3.05, 3.63) is 0 Å². The van der Waals surface area contributed by atoms with Gasteiger partial charge < -0.3 is 10.1 Å². The lowest BCUT2D eigenvalue weighted by Gasteiger charge is -2.17. The summed E-state index contributed by atoms with van der Waals surface area (Å²) in [6.07, 6.45) is -4.22. The largest absolute Gasteiger partial charge is 0.455 e. The van der Waals surface area contributed by atoms with Crippen LogP contribution in [0.5, 0.6) is 0 Å². The Morgan fingerprint density at radius 2 is 2.11 bits per heavy atom. The van der Waals surface area contributed by atoms with Crippen LogP contribution in [0.15, 0.2) is 0 Å². The van der Waals surface area contributed by atoms with Crippen molar-refractivity contribution in [3.8, 4) is 0 Å². The summed E-state index contributed by atoms with van der Waals surface area (Å²) in [5.74, 6) is -1.13. The molecule has 1 N–H and O–H groups in total. The maximum atomic E-state index is 11.8. The Bertz CT molecular complexity index is 407. The summed E-state index contributed by atoms with van der Waals surface area (Å²) in [6.45, 7) is -0.301. The summed E-state index contributed by atoms with van der Waals surface area (Å²) in [5, 5.41) is 2.65. The Morgan fingerprint density at radius 1 is 1.50 bits per heavy atom. The number of ether oxygens (including phenoxy) is 1. The van der Waals surface area contributed by atoms with E-state index in [0.29, 0.717) is 6.42 Å². The molecule has 1 rings (SSSR count). The smallest absolute Gasteiger partial charge is 0.422 e. The summed E-state index contributed by atoms with van der Waals surface area (Å²) >= 11 is 0. The molecule has 18 heavy (non-hydrogen) atoms. The van der Waals surface area contributed by atoms with Gasteiger partial charge in [0, 0.05) is 6.04 Å². The average molecular weight is 289 g/mol. The predicted molar refractivity (Wildman–Crippen MR) is 56.7 cm³/mol. The lowest BCUT2D eigenvalue weighted by Crippen LogP contribution is -2.43. The van der Waals surface area contributed by atoms with Crippen LogP contribution in [0.25, 0.3) is 0 Å². The summed E-state index contributed by atoms with van der Waals surface area (Å²) < 4.78 is 61.8. The number of hydrogen-bond acceptors (Lipinski definition) is 5. The second-order valence-corrected chi connectivity index (χ2v) is 6.44. The van der Waals surface area contributed by atoms with E-state index in [2.05, 4.69) is 10.1 Å². The molecule has 0 spiro atoms. The van der Waals surface area contributed by atoms with Crippen molar-refractivity contribution in [3.63, 3.8) is 0 Å². The Kier molecular flexibility index (Phi) is 4.60. The quantitative estimate of drug-likeness (QED) is 0.751. The number of hydrogen-bond donors (Lipinski definition) is 1. The first-order valence-corrected chi connectivity index (χ1v) is 7.11. The Balaban J connectivity index is 2.37. The molecular weight excluding hydrogens is 275 g/mol. The standard InChI is InChI=1S/C9H14F3NO4S/c1-6(8(14)17-5-9(10,11)12)13-7-2-3-18(15,16)4-7/h6-7,13H,2-5H2,1H3/t6-,7+/m0/s1. The van der Waals surface area contributed by atoms with Gasteiger partial charge in [-0.05, 0) is 13.3 Å². The van der Waals surface area contributed by atoms with E-state index < -0.39 is 40.7 Å². The van der Waals surface area contributed by atoms with E-state index in [-0.39, 0.29) is 11.5 Å². The highest BCUT2D eigenvalue weighted by molar-refractivity contribution is 7.91. The maximum absolute atomic E-state index is 11.8. The van der Waals surface area contributed by atoms with Crippen molar-refractivity contribution >= 4 is 15.8 Å². The minimum absolute atomic E-state index is 0.0228. The van der Waals surface area contributed by atoms with Crippen LogP contribution in [0.1, 0.15) is 13.3 Å². The van der Waals surface area contributed by atoms with E-state index in [9.17, 15) is 26.4 Å². The van der Waals surface area contributed by atoms with E-state index in [1.54, 1.807) is 0 Å². The molecule has 0 saturated carbocycles. The van der Waals surface area contributed by atoms with Crippen LogP contribution in [0.4, 0.5) is 13.2 Å². The third-order valence-electron chi connectivity index (χ3n) is 2.45. The van der Waals surface area contributed by atoms with Gasteiger partial charge in [0.15, 0.2) is 16.4 Å². The molecule has 0 unspecified atom stereocenters. The highest BCUT2D eigenvalue weighted by Crippen LogP contribution is 2.15. The Hall–Kier alpha value is -0.830. The molecule has 0 aromatic rings. The molecule has 1 fully saturated rings. The van der Waals surface area contributed by atoms with Gasteiger partial charge in [0.2, 0.25) is 0 Å². The lowest BCUT2D eigenvalue weighted by atomic mass is 10.2. The zero-order valence-corrected chi connectivity index (χ0v) is 10.5. The van der Waals surface area contributed by atoms with Gasteiger partial charge in [-0.15, -0.1) is 0 Å². The van der Waals surface area contributed by atoms with Gasteiger partial charge in [-0.3, -0.25) is 4.79 Å². The van der Waals surface area contributed by atoms with E-state index >= 15 is 0 Å². The number of carbonyl (C=O) groups excluding carboxylic acids is 1. The molecule has 1 heterocycles. The predicted octanol–water partition coefficient (Wildman–Crippen LogP) is 0.257. The molecule has 0 aliphatic carbocycles. The maximum Gasteiger partial charge on any atom is 0.422 e. The van der Waals surface area contributed by atoms with Crippen LogP contribution in [0.3, 0.4) is 0 Å². The zero-order chi connectivity index (χ0) is 14.0. The lowest BCUT2D eigenvalue weighted by molar-refractivity contribution is -0.187. The van der Waals surface area contributed by atoms with E-state index in [4.69, 9.17) is 0 Å². The van der Waals surface area contributed by atoms with Gasteiger partial charge >= 0.3 is 12.1 Å². The molecule has 1 aliphatic heterocycles. The van der Waals surface area contributed by atoms with Gasteiger partial charge in [0.1, 0.15) is 6.04 Å². The molecule has 1 aliphatic rings. The highest BCUT2D eigenvalue weighted by Gasteiger charge is 2.33. The second-order valence-electron chi connectivity index (χ2n) is 4.21. The van der Waals surface area contributed by atoms with E-state index in [0.717, 1.165) is 0 Å². The normalized spacial score (nSPS) is 24.8. The van der Waals surface area contributed by atoms with Crippen molar-refractivity contribution in [1.82, 2.24) is 5.32 Å². The summed E-state index contributed by atoms with van der Waals surface area (Å²) in [6, 6.07) is -1.38. The fraction of sp³-hybridized carbons (Fsp3) is 0.889. The fourth-order valence-electron chi connectivity index (χ4n) is 1.63. The van der Waals surface area contributed by atoms with E-state index in [1.165, 1.54) is 6.92 Å². The molecule has 0 aromatic carbocycles. The topological polar surface area (TPSA) is 72.5 Å². The van der Waals surface area contributed by atoms with E-state index in [1.807, 2.05) is 0 Å². The molecule has 2 atom stereocenters. The van der Waals surface area contributed by atoms with Gasteiger partial charge in [-0.25, -0.2) is 8.42 Å². The number of alkyl halides is 3. The zero-order valence-electron chi connectivity index (χ0n) is 9.66. The fourth-order valence-corrected chi connectivity index (χ4v) is 3.31. The monoisotopic (exact) mass is 289 g/mol. The summed E-state index contributed by atoms with van der Waals surface area (Å²) in [7, 11) is -3.10. The van der Waals surface area contributed by atoms with Crippen LogP contribution in [0.2, 0.25) is 0 Å². The summed E-state index contributed by atoms with van der Waals surface area (Å²) in [4.78, 5) is 11.2. The molecule has 106 valence electrons. The van der Waals surface area contributed by atoms with Crippen molar-refractivity contribution in [2.45, 2.75) is 31.6 Å². The number of rotatable bonds is 4. The second kappa shape index (κ2) is 5.43. The molecule has 0 amide bonds. The van der Waals surface area contributed by atoms with Crippen molar-refractivity contribution in [2.75, 3.05) is 18.1 Å². The molecular formula is C9H14F3NO4S. The molecule has 0 bridgehead atoms. The van der Waals surface area contributed by atoms with Crippen LogP contribution < -0.4 is 5.32 Å². The molecule has 1 saturated heterocycles. The third kappa shape index (κ3) is 5.21. The number of carbonyl (C=O) groups is 1. The molecule has 0 aromatic heterocycles. The average Bonchev–Trinajstić information content (AvgIpc) is 2.53. The third-order valence-corrected chi connectivity index (χ3v) is 4.22. The minimum atomic E-state index is -4.56. The van der Waals surface area contributed by atoms with Gasteiger partial charge in [0.05, 0.1) is 11.5 Å². The summed E-state index contributed by atoms with van der Waals surface area (Å²) in [5.41, 5.74) is 0. The first kappa shape index (κ1) is 15.2. The SMILES string of the molecule is C[C@H](N[C@@H]1CCS(=O)(=O)C1)C(=O)OCC(F)(F)F. The van der Waals surface area contributed by atoms with Crippen LogP contribution in [0, 0.1) is 0 Å². The number of halogens is 3. The number of esters is 1. The van der Waals surface area contributed by atoms with Gasteiger partial charge in [0.25, 0.3) is 0 Å². The van der Waals surface area contributed by atoms with Crippen LogP contribution in [-0.4, -0.2) is 50.8 Å². The highest BCUT2D eigenvalue weighted by atomic mass is 32.2. The first-order valence-electron chi connectivity index (χ1n) is 5.29. The van der Waals surface area contributed by atoms with Crippen molar-refractivity contribution in [1.29, 1.82) is 0 Å². The minimum Gasteiger partial charge on any atom is -0.455 e. The Morgan fingerprint density at radius 3 is 2.56 bits per heavy atom. The van der Waals surface area contributed by atoms with Crippen LogP contribution >= 0.6 is 0 Å².